The first-order valence-electron chi connectivity index (χ1n) is 12.6. The lowest BCUT2D eigenvalue weighted by Gasteiger charge is -2.24. The van der Waals surface area contributed by atoms with Gasteiger partial charge in [-0.2, -0.15) is 0 Å². The van der Waals surface area contributed by atoms with Gasteiger partial charge in [0.05, 0.1) is 6.42 Å². The molecule has 7 heteroatoms. The minimum atomic E-state index is -0.851. The van der Waals surface area contributed by atoms with E-state index in [0.29, 0.717) is 6.42 Å². The third-order valence-electron chi connectivity index (χ3n) is 7.22. The van der Waals surface area contributed by atoms with Crippen LogP contribution < -0.4 is 10.6 Å². The number of ether oxygens (including phenoxy) is 1. The largest absolute Gasteiger partial charge is 0.481 e. The normalized spacial score (nSPS) is 19.5. The molecule has 35 heavy (non-hydrogen) atoms. The minimum Gasteiger partial charge on any atom is -0.481 e. The highest BCUT2D eigenvalue weighted by molar-refractivity contribution is 5.86. The molecule has 1 fully saturated rings. The van der Waals surface area contributed by atoms with Crippen molar-refractivity contribution in [1.82, 2.24) is 10.6 Å². The van der Waals surface area contributed by atoms with Gasteiger partial charge >= 0.3 is 12.1 Å². The molecule has 0 aliphatic heterocycles. The number of rotatable bonds is 10. The van der Waals surface area contributed by atoms with Crippen LogP contribution in [0.1, 0.15) is 68.9 Å². The van der Waals surface area contributed by atoms with Crippen LogP contribution >= 0.6 is 0 Å². The Kier molecular flexibility index (Phi) is 8.06. The quantitative estimate of drug-likeness (QED) is 0.453. The van der Waals surface area contributed by atoms with E-state index in [2.05, 4.69) is 34.9 Å². The van der Waals surface area contributed by atoms with Crippen LogP contribution in [0, 0.1) is 5.92 Å². The van der Waals surface area contributed by atoms with E-state index < -0.39 is 18.1 Å². The smallest absolute Gasteiger partial charge is 0.407 e. The number of fused-ring (bicyclic) bond motifs is 3. The summed E-state index contributed by atoms with van der Waals surface area (Å²) in [5.74, 6) is -1.24. The Balaban J connectivity index is 1.37. The standard InChI is InChI=1S/C28H34N2O5/c1-2-3-14-25(27(33)29-24-15-8-9-18(24)16-26(31)32)30-28(34)35-17-23-21-12-6-4-10-19(21)20-11-5-7-13-22(20)23/h4-7,10-13,18,23-25H,2-3,8-9,14-17H2,1H3,(H,29,33)(H,30,34)(H,31,32)/t18-,24+,25?/m0/s1. The van der Waals surface area contributed by atoms with Crippen molar-refractivity contribution in [3.8, 4) is 11.1 Å². The van der Waals surface area contributed by atoms with Gasteiger partial charge in [0.1, 0.15) is 12.6 Å². The van der Waals surface area contributed by atoms with Crippen molar-refractivity contribution in [2.24, 2.45) is 5.92 Å². The van der Waals surface area contributed by atoms with Gasteiger partial charge in [-0.15, -0.1) is 0 Å². The molecule has 1 unspecified atom stereocenters. The molecular formula is C28H34N2O5. The van der Waals surface area contributed by atoms with Crippen molar-refractivity contribution in [2.75, 3.05) is 6.61 Å². The zero-order valence-electron chi connectivity index (χ0n) is 20.2. The fourth-order valence-corrected chi connectivity index (χ4v) is 5.44. The maximum absolute atomic E-state index is 13.0. The molecule has 186 valence electrons. The molecule has 3 N–H and O–H groups in total. The van der Waals surface area contributed by atoms with Crippen molar-refractivity contribution < 1.29 is 24.2 Å². The summed E-state index contributed by atoms with van der Waals surface area (Å²) >= 11 is 0. The van der Waals surface area contributed by atoms with Crippen molar-refractivity contribution in [3.05, 3.63) is 59.7 Å². The first kappa shape index (κ1) is 24.8. The van der Waals surface area contributed by atoms with Crippen LogP contribution in [0.2, 0.25) is 0 Å². The third-order valence-corrected chi connectivity index (χ3v) is 7.22. The Bertz CT molecular complexity index is 1020. The van der Waals surface area contributed by atoms with Gasteiger partial charge in [0.15, 0.2) is 0 Å². The Labute approximate surface area is 206 Å². The molecule has 3 atom stereocenters. The Hall–Kier alpha value is -3.35. The maximum atomic E-state index is 13.0. The monoisotopic (exact) mass is 478 g/mol. The second-order valence-electron chi connectivity index (χ2n) is 9.57. The van der Waals surface area contributed by atoms with Gasteiger partial charge in [0, 0.05) is 12.0 Å². The van der Waals surface area contributed by atoms with E-state index in [1.165, 1.54) is 0 Å². The summed E-state index contributed by atoms with van der Waals surface area (Å²) in [5.41, 5.74) is 4.58. The number of aliphatic carboxylic acids is 1. The summed E-state index contributed by atoms with van der Waals surface area (Å²) in [5, 5.41) is 14.9. The number of carboxylic acid groups (broad SMARTS) is 1. The lowest BCUT2D eigenvalue weighted by Crippen LogP contribution is -2.50. The third kappa shape index (κ3) is 5.84. The van der Waals surface area contributed by atoms with Crippen LogP contribution in [0.5, 0.6) is 0 Å². The fourth-order valence-electron chi connectivity index (χ4n) is 5.44. The summed E-state index contributed by atoms with van der Waals surface area (Å²) in [6.07, 6.45) is 4.05. The van der Waals surface area contributed by atoms with Crippen LogP contribution in [0.4, 0.5) is 4.79 Å². The summed E-state index contributed by atoms with van der Waals surface area (Å²) in [6, 6.07) is 15.4. The lowest BCUT2D eigenvalue weighted by atomic mass is 9.98. The van der Waals surface area contributed by atoms with E-state index in [1.807, 2.05) is 31.2 Å². The molecule has 0 heterocycles. The van der Waals surface area contributed by atoms with Crippen molar-refractivity contribution in [2.45, 2.75) is 69.9 Å². The second-order valence-corrected chi connectivity index (χ2v) is 9.57. The Morgan fingerprint density at radius 1 is 1.03 bits per heavy atom. The highest BCUT2D eigenvalue weighted by atomic mass is 16.5. The van der Waals surface area contributed by atoms with Gasteiger partial charge in [-0.1, -0.05) is 74.7 Å². The van der Waals surface area contributed by atoms with Gasteiger partial charge < -0.3 is 20.5 Å². The van der Waals surface area contributed by atoms with Gasteiger partial charge in [0.2, 0.25) is 5.91 Å². The van der Waals surface area contributed by atoms with Gasteiger partial charge in [-0.3, -0.25) is 9.59 Å². The molecule has 2 amide bonds. The molecule has 2 aromatic carbocycles. The molecule has 0 radical (unpaired) electrons. The zero-order valence-corrected chi connectivity index (χ0v) is 20.2. The summed E-state index contributed by atoms with van der Waals surface area (Å²) in [7, 11) is 0. The van der Waals surface area contributed by atoms with E-state index >= 15 is 0 Å². The number of carboxylic acids is 1. The highest BCUT2D eigenvalue weighted by Crippen LogP contribution is 2.44. The molecule has 2 aliphatic rings. The van der Waals surface area contributed by atoms with Crippen molar-refractivity contribution in [3.63, 3.8) is 0 Å². The summed E-state index contributed by atoms with van der Waals surface area (Å²) in [4.78, 5) is 36.9. The summed E-state index contributed by atoms with van der Waals surface area (Å²) < 4.78 is 5.64. The van der Waals surface area contributed by atoms with E-state index in [1.54, 1.807) is 0 Å². The number of amides is 2. The lowest BCUT2D eigenvalue weighted by molar-refractivity contribution is -0.138. The highest BCUT2D eigenvalue weighted by Gasteiger charge is 2.33. The molecule has 0 saturated heterocycles. The van der Waals surface area contributed by atoms with Gasteiger partial charge in [-0.25, -0.2) is 4.79 Å². The van der Waals surface area contributed by atoms with Crippen LogP contribution in [-0.4, -0.2) is 41.8 Å². The number of hydrogen-bond donors (Lipinski definition) is 3. The maximum Gasteiger partial charge on any atom is 0.407 e. The molecular weight excluding hydrogens is 444 g/mol. The van der Waals surface area contributed by atoms with Crippen LogP contribution in [0.15, 0.2) is 48.5 Å². The minimum absolute atomic E-state index is 0.0460. The molecule has 1 saturated carbocycles. The fraction of sp³-hybridized carbons (Fsp3) is 0.464. The number of benzene rings is 2. The SMILES string of the molecule is CCCCC(NC(=O)OCC1c2ccccc2-c2ccccc21)C(=O)N[C@@H]1CCC[C@H]1CC(=O)O. The zero-order chi connectivity index (χ0) is 24.8. The number of hydrogen-bond acceptors (Lipinski definition) is 4. The van der Waals surface area contributed by atoms with Crippen LogP contribution in [0.25, 0.3) is 11.1 Å². The van der Waals surface area contributed by atoms with Crippen molar-refractivity contribution >= 4 is 18.0 Å². The Morgan fingerprint density at radius 3 is 2.31 bits per heavy atom. The first-order chi connectivity index (χ1) is 17.0. The van der Waals surface area contributed by atoms with E-state index in [-0.39, 0.29) is 36.8 Å². The topological polar surface area (TPSA) is 105 Å². The van der Waals surface area contributed by atoms with Gasteiger partial charge in [-0.05, 0) is 47.4 Å². The van der Waals surface area contributed by atoms with Gasteiger partial charge in [0.25, 0.3) is 0 Å². The molecule has 2 aromatic rings. The molecule has 0 spiro atoms. The number of carbonyl (C=O) groups is 3. The predicted octanol–water partition coefficient (Wildman–Crippen LogP) is 4.84. The Morgan fingerprint density at radius 2 is 1.69 bits per heavy atom. The average molecular weight is 479 g/mol. The van der Waals surface area contributed by atoms with E-state index in [9.17, 15) is 14.4 Å². The number of unbranched alkanes of at least 4 members (excludes halogenated alkanes) is 1. The molecule has 0 bridgehead atoms. The van der Waals surface area contributed by atoms with E-state index in [4.69, 9.17) is 9.84 Å². The van der Waals surface area contributed by atoms with Crippen molar-refractivity contribution in [1.29, 1.82) is 0 Å². The first-order valence-corrected chi connectivity index (χ1v) is 12.6. The number of alkyl carbamates (subject to hydrolysis) is 1. The number of nitrogens with one attached hydrogen (secondary N) is 2. The molecule has 2 aliphatic carbocycles. The average Bonchev–Trinajstić information content (AvgIpc) is 3.41. The van der Waals surface area contributed by atoms with Crippen LogP contribution in [0.3, 0.4) is 0 Å². The summed E-state index contributed by atoms with van der Waals surface area (Å²) in [6.45, 7) is 2.22. The molecule has 7 nitrogen and oxygen atoms in total. The predicted molar refractivity (Wildman–Crippen MR) is 133 cm³/mol. The molecule has 0 aromatic heterocycles. The van der Waals surface area contributed by atoms with E-state index in [0.717, 1.165) is 54.4 Å². The van der Waals surface area contributed by atoms with Crippen LogP contribution in [-0.2, 0) is 14.3 Å². The molecule has 4 rings (SSSR count). The second kappa shape index (κ2) is 11.4. The number of carbonyl (C=O) groups excluding carboxylic acids is 2.